The van der Waals surface area contributed by atoms with Gasteiger partial charge in [-0.2, -0.15) is 0 Å². The first-order chi connectivity index (χ1) is 8.19. The van der Waals surface area contributed by atoms with Gasteiger partial charge in [0.15, 0.2) is 5.78 Å². The molecule has 0 radical (unpaired) electrons. The predicted molar refractivity (Wildman–Crippen MR) is 58.8 cm³/mol. The number of ketones is 1. The minimum Gasteiger partial charge on any atom is -0.486 e. The number of benzene rings is 1. The molecule has 3 rings (SSSR count). The molecule has 0 unspecified atom stereocenters. The van der Waals surface area contributed by atoms with Crippen LogP contribution < -0.4 is 4.74 Å². The second kappa shape index (κ2) is 3.81. The van der Waals surface area contributed by atoms with Crippen molar-refractivity contribution < 1.29 is 18.7 Å². The van der Waals surface area contributed by atoms with Crippen LogP contribution in [0.3, 0.4) is 0 Å². The van der Waals surface area contributed by atoms with E-state index < -0.39 is 11.4 Å². The Morgan fingerprint density at radius 3 is 2.76 bits per heavy atom. The molecular weight excluding hydrogens is 223 g/mol. The molecule has 3 nitrogen and oxygen atoms in total. The number of carbonyl (C=O) groups excluding carboxylic acids is 1. The van der Waals surface area contributed by atoms with Crippen LogP contribution in [-0.4, -0.2) is 24.6 Å². The summed E-state index contributed by atoms with van der Waals surface area (Å²) in [5.74, 6) is 0.0702. The SMILES string of the molecule is O=C1CC2(CCOCC2)Oc2ccc(F)cc21. The zero-order valence-electron chi connectivity index (χ0n) is 9.37. The molecule has 2 aliphatic heterocycles. The zero-order valence-corrected chi connectivity index (χ0v) is 9.37. The predicted octanol–water partition coefficient (Wildman–Crippen LogP) is 2.34. The maximum Gasteiger partial charge on any atom is 0.170 e. The highest BCUT2D eigenvalue weighted by atomic mass is 19.1. The van der Waals surface area contributed by atoms with E-state index in [0.29, 0.717) is 30.9 Å². The molecular formula is C13H13FO3. The summed E-state index contributed by atoms with van der Waals surface area (Å²) in [4.78, 5) is 12.0. The molecule has 0 bridgehead atoms. The summed E-state index contributed by atoms with van der Waals surface area (Å²) < 4.78 is 24.3. The summed E-state index contributed by atoms with van der Waals surface area (Å²) in [6, 6.07) is 4.12. The van der Waals surface area contributed by atoms with Gasteiger partial charge in [0.2, 0.25) is 0 Å². The standard InChI is InChI=1S/C13H13FO3/c14-9-1-2-12-10(7-9)11(15)8-13(17-12)3-5-16-6-4-13/h1-2,7H,3-6,8H2. The van der Waals surface area contributed by atoms with Crippen molar-refractivity contribution in [3.63, 3.8) is 0 Å². The molecule has 0 atom stereocenters. The van der Waals surface area contributed by atoms with Crippen LogP contribution in [-0.2, 0) is 4.74 Å². The lowest BCUT2D eigenvalue weighted by molar-refractivity contribution is -0.0505. The van der Waals surface area contributed by atoms with Crippen molar-refractivity contribution in [3.05, 3.63) is 29.6 Å². The number of hydrogen-bond donors (Lipinski definition) is 0. The minimum atomic E-state index is -0.430. The Bertz CT molecular complexity index is 464. The Morgan fingerprint density at radius 1 is 1.24 bits per heavy atom. The van der Waals surface area contributed by atoms with Crippen molar-refractivity contribution >= 4 is 5.78 Å². The third-order valence-electron chi connectivity index (χ3n) is 3.46. The lowest BCUT2D eigenvalue weighted by atomic mass is 9.84. The molecule has 17 heavy (non-hydrogen) atoms. The molecule has 90 valence electrons. The van der Waals surface area contributed by atoms with Crippen LogP contribution in [0.4, 0.5) is 4.39 Å². The summed E-state index contributed by atoms with van der Waals surface area (Å²) in [5.41, 5.74) is -0.0673. The average Bonchev–Trinajstić information content (AvgIpc) is 2.31. The number of carbonyl (C=O) groups is 1. The van der Waals surface area contributed by atoms with Gasteiger partial charge < -0.3 is 9.47 Å². The van der Waals surface area contributed by atoms with Gasteiger partial charge in [-0.3, -0.25) is 4.79 Å². The molecule has 1 saturated heterocycles. The average molecular weight is 236 g/mol. The molecule has 1 aromatic rings. The maximum absolute atomic E-state index is 13.1. The number of fused-ring (bicyclic) bond motifs is 1. The zero-order chi connectivity index (χ0) is 11.9. The second-order valence-electron chi connectivity index (χ2n) is 4.64. The van der Waals surface area contributed by atoms with Crippen LogP contribution in [0, 0.1) is 5.82 Å². The van der Waals surface area contributed by atoms with E-state index in [1.54, 1.807) is 6.07 Å². The smallest absolute Gasteiger partial charge is 0.170 e. The molecule has 1 aromatic carbocycles. The van der Waals surface area contributed by atoms with Gasteiger partial charge in [-0.1, -0.05) is 0 Å². The fraction of sp³-hybridized carbons (Fsp3) is 0.462. The van der Waals surface area contributed by atoms with Crippen LogP contribution in [0.2, 0.25) is 0 Å². The lowest BCUT2D eigenvalue weighted by Gasteiger charge is -2.40. The highest BCUT2D eigenvalue weighted by Gasteiger charge is 2.41. The molecule has 0 aromatic heterocycles. The third kappa shape index (κ3) is 1.82. The highest BCUT2D eigenvalue weighted by Crippen LogP contribution is 2.38. The minimum absolute atomic E-state index is 0.0346. The molecule has 1 spiro atoms. The fourth-order valence-electron chi connectivity index (χ4n) is 2.49. The molecule has 2 aliphatic rings. The highest BCUT2D eigenvalue weighted by molar-refractivity contribution is 6.00. The van der Waals surface area contributed by atoms with Gasteiger partial charge >= 0.3 is 0 Å². The number of halogens is 1. The quantitative estimate of drug-likeness (QED) is 0.693. The maximum atomic E-state index is 13.1. The molecule has 0 saturated carbocycles. The molecule has 2 heterocycles. The number of Topliss-reactive ketones (excluding diaryl/α,β-unsaturated/α-hetero) is 1. The molecule has 1 fully saturated rings. The van der Waals surface area contributed by atoms with E-state index in [-0.39, 0.29) is 5.78 Å². The van der Waals surface area contributed by atoms with Crippen LogP contribution in [0.1, 0.15) is 29.6 Å². The van der Waals surface area contributed by atoms with E-state index in [2.05, 4.69) is 0 Å². The summed E-state index contributed by atoms with van der Waals surface area (Å²) in [6.45, 7) is 1.23. The van der Waals surface area contributed by atoms with E-state index in [1.165, 1.54) is 12.1 Å². The molecule has 0 aliphatic carbocycles. The van der Waals surface area contributed by atoms with Crippen LogP contribution >= 0.6 is 0 Å². The Labute approximate surface area is 98.5 Å². The van der Waals surface area contributed by atoms with E-state index in [1.807, 2.05) is 0 Å². The van der Waals surface area contributed by atoms with Crippen LogP contribution in [0.25, 0.3) is 0 Å². The van der Waals surface area contributed by atoms with E-state index in [4.69, 9.17) is 9.47 Å². The largest absolute Gasteiger partial charge is 0.486 e. The third-order valence-corrected chi connectivity index (χ3v) is 3.46. The molecule has 4 heteroatoms. The van der Waals surface area contributed by atoms with Crippen molar-refractivity contribution in [2.24, 2.45) is 0 Å². The Morgan fingerprint density at radius 2 is 2.00 bits per heavy atom. The summed E-state index contributed by atoms with van der Waals surface area (Å²) in [7, 11) is 0. The van der Waals surface area contributed by atoms with Crippen LogP contribution in [0.15, 0.2) is 18.2 Å². The first-order valence-corrected chi connectivity index (χ1v) is 5.78. The van der Waals surface area contributed by atoms with Gasteiger partial charge in [0.25, 0.3) is 0 Å². The van der Waals surface area contributed by atoms with Crippen molar-refractivity contribution in [2.75, 3.05) is 13.2 Å². The summed E-state index contributed by atoms with van der Waals surface area (Å²) in [6.07, 6.45) is 1.76. The second-order valence-corrected chi connectivity index (χ2v) is 4.64. The van der Waals surface area contributed by atoms with E-state index in [0.717, 1.165) is 12.8 Å². The Hall–Kier alpha value is -1.42. The lowest BCUT2D eigenvalue weighted by Crippen LogP contribution is -2.46. The fourth-order valence-corrected chi connectivity index (χ4v) is 2.49. The van der Waals surface area contributed by atoms with Crippen molar-refractivity contribution in [1.82, 2.24) is 0 Å². The van der Waals surface area contributed by atoms with Gasteiger partial charge in [-0.25, -0.2) is 4.39 Å². The molecule has 0 N–H and O–H groups in total. The van der Waals surface area contributed by atoms with E-state index >= 15 is 0 Å². The first kappa shape index (κ1) is 10.7. The van der Waals surface area contributed by atoms with Crippen molar-refractivity contribution in [3.8, 4) is 5.75 Å². The van der Waals surface area contributed by atoms with Crippen molar-refractivity contribution in [1.29, 1.82) is 0 Å². The van der Waals surface area contributed by atoms with Gasteiger partial charge in [0, 0.05) is 12.8 Å². The Balaban J connectivity index is 1.97. The first-order valence-electron chi connectivity index (χ1n) is 5.78. The monoisotopic (exact) mass is 236 g/mol. The normalized spacial score (nSPS) is 22.1. The van der Waals surface area contributed by atoms with E-state index in [9.17, 15) is 9.18 Å². The number of rotatable bonds is 0. The number of hydrogen-bond acceptors (Lipinski definition) is 3. The Kier molecular flexibility index (Phi) is 2.40. The summed E-state index contributed by atoms with van der Waals surface area (Å²) in [5, 5.41) is 0. The van der Waals surface area contributed by atoms with Crippen LogP contribution in [0.5, 0.6) is 5.75 Å². The topological polar surface area (TPSA) is 35.5 Å². The van der Waals surface area contributed by atoms with Gasteiger partial charge in [0.05, 0.1) is 25.2 Å². The van der Waals surface area contributed by atoms with Gasteiger partial charge in [0.1, 0.15) is 17.2 Å². The van der Waals surface area contributed by atoms with Gasteiger partial charge in [-0.05, 0) is 18.2 Å². The van der Waals surface area contributed by atoms with Crippen molar-refractivity contribution in [2.45, 2.75) is 24.9 Å². The molecule has 0 amide bonds. The van der Waals surface area contributed by atoms with Gasteiger partial charge in [-0.15, -0.1) is 0 Å². The summed E-state index contributed by atoms with van der Waals surface area (Å²) >= 11 is 0. The number of ether oxygens (including phenoxy) is 2.